The average Bonchev–Trinajstić information content (AvgIpc) is 2.54. The lowest BCUT2D eigenvalue weighted by atomic mass is 10.2. The summed E-state index contributed by atoms with van der Waals surface area (Å²) in [5.74, 6) is 0. The van der Waals surface area contributed by atoms with Gasteiger partial charge in [-0.15, -0.1) is 0 Å². The minimum atomic E-state index is 0.954. The van der Waals surface area contributed by atoms with Crippen molar-refractivity contribution >= 4 is 15.9 Å². The third-order valence-corrected chi connectivity index (χ3v) is 2.51. The highest BCUT2D eigenvalue weighted by molar-refractivity contribution is 9.09. The molecule has 0 unspecified atom stereocenters. The van der Waals surface area contributed by atoms with E-state index in [-0.39, 0.29) is 0 Å². The lowest BCUT2D eigenvalue weighted by molar-refractivity contribution is 0.626. The van der Waals surface area contributed by atoms with Gasteiger partial charge >= 0.3 is 0 Å². The molecule has 1 rings (SSSR count). The van der Waals surface area contributed by atoms with Gasteiger partial charge in [-0.05, 0) is 26.3 Å². The van der Waals surface area contributed by atoms with E-state index < -0.39 is 0 Å². The fourth-order valence-corrected chi connectivity index (χ4v) is 1.69. The monoisotopic (exact) mass is 256 g/mol. The van der Waals surface area contributed by atoms with Gasteiger partial charge in [0, 0.05) is 24.0 Å². The molecule has 1 aromatic heterocycles. The maximum atomic E-state index is 4.40. The number of halogens is 1. The number of hydrogen-bond donors (Lipinski definition) is 0. The summed E-state index contributed by atoms with van der Waals surface area (Å²) in [5.41, 5.74) is 2.41. The van der Waals surface area contributed by atoms with E-state index >= 15 is 0 Å². The van der Waals surface area contributed by atoms with Crippen molar-refractivity contribution in [2.24, 2.45) is 0 Å². The second kappa shape index (κ2) is 6.02. The van der Waals surface area contributed by atoms with Crippen molar-refractivity contribution in [3.63, 3.8) is 0 Å². The number of hydrogen-bond acceptors (Lipinski definition) is 1. The Morgan fingerprint density at radius 3 is 2.93 bits per heavy atom. The van der Waals surface area contributed by atoms with E-state index in [0.717, 1.165) is 30.4 Å². The summed E-state index contributed by atoms with van der Waals surface area (Å²) in [4.78, 5) is 0. The van der Waals surface area contributed by atoms with E-state index in [4.69, 9.17) is 0 Å². The molecule has 0 saturated carbocycles. The van der Waals surface area contributed by atoms with Crippen LogP contribution in [0.1, 0.15) is 24.7 Å². The molecule has 0 bridgehead atoms. The highest BCUT2D eigenvalue weighted by Gasteiger charge is 2.00. The largest absolute Gasteiger partial charge is 0.269 e. The van der Waals surface area contributed by atoms with Gasteiger partial charge in [0.1, 0.15) is 0 Å². The van der Waals surface area contributed by atoms with Crippen molar-refractivity contribution in [3.8, 4) is 0 Å². The highest BCUT2D eigenvalue weighted by Crippen LogP contribution is 2.05. The van der Waals surface area contributed by atoms with Crippen LogP contribution in [-0.2, 0) is 13.0 Å². The van der Waals surface area contributed by atoms with Crippen molar-refractivity contribution in [3.05, 3.63) is 29.6 Å². The summed E-state index contributed by atoms with van der Waals surface area (Å²) < 4.78 is 2.06. The van der Waals surface area contributed by atoms with Crippen LogP contribution in [0.25, 0.3) is 0 Å². The maximum Gasteiger partial charge on any atom is 0.0596 e. The van der Waals surface area contributed by atoms with Gasteiger partial charge in [-0.3, -0.25) is 4.68 Å². The lowest BCUT2D eigenvalue weighted by Crippen LogP contribution is -2.01. The number of alkyl halides is 1. The predicted octanol–water partition coefficient (Wildman–Crippen LogP) is 3.10. The van der Waals surface area contributed by atoms with Gasteiger partial charge < -0.3 is 0 Å². The topological polar surface area (TPSA) is 17.8 Å². The van der Waals surface area contributed by atoms with Crippen LogP contribution in [0, 0.1) is 6.92 Å². The van der Waals surface area contributed by atoms with E-state index in [0.29, 0.717) is 0 Å². The number of rotatable bonds is 5. The second-order valence-electron chi connectivity index (χ2n) is 3.25. The van der Waals surface area contributed by atoms with Crippen LogP contribution in [0.2, 0.25) is 0 Å². The number of aromatic nitrogens is 2. The Balaban J connectivity index is 2.57. The zero-order valence-electron chi connectivity index (χ0n) is 8.83. The van der Waals surface area contributed by atoms with Crippen LogP contribution in [0.5, 0.6) is 0 Å². The molecular formula is C11H17BrN2. The standard InChI is InChI=1S/C11H17BrN2/c1-3-14-11(9-10(2)13-14)7-5-4-6-8-12/h4-5,9H,3,6-8H2,1-2H3. The molecule has 14 heavy (non-hydrogen) atoms. The van der Waals surface area contributed by atoms with E-state index in [9.17, 15) is 0 Å². The SMILES string of the molecule is CCn1nc(C)cc1CC=CCCBr. The Kier molecular flexibility index (Phi) is 4.94. The van der Waals surface area contributed by atoms with Crippen LogP contribution >= 0.6 is 15.9 Å². The minimum Gasteiger partial charge on any atom is -0.269 e. The Morgan fingerprint density at radius 1 is 1.50 bits per heavy atom. The van der Waals surface area contributed by atoms with Gasteiger partial charge in [-0.25, -0.2) is 0 Å². The molecule has 0 fully saturated rings. The number of allylic oxidation sites excluding steroid dienone is 2. The van der Waals surface area contributed by atoms with E-state index in [1.54, 1.807) is 0 Å². The Labute approximate surface area is 94.1 Å². The van der Waals surface area contributed by atoms with Gasteiger partial charge in [0.2, 0.25) is 0 Å². The normalized spacial score (nSPS) is 11.4. The highest BCUT2D eigenvalue weighted by atomic mass is 79.9. The average molecular weight is 257 g/mol. The molecule has 0 saturated heterocycles. The molecule has 0 N–H and O–H groups in total. The number of aryl methyl sites for hydroxylation is 2. The third kappa shape index (κ3) is 3.29. The molecule has 2 nitrogen and oxygen atoms in total. The second-order valence-corrected chi connectivity index (χ2v) is 4.04. The zero-order chi connectivity index (χ0) is 10.4. The molecule has 0 aliphatic rings. The summed E-state index contributed by atoms with van der Waals surface area (Å²) in [6, 6.07) is 2.15. The van der Waals surface area contributed by atoms with Crippen molar-refractivity contribution in [1.82, 2.24) is 9.78 Å². The van der Waals surface area contributed by atoms with Gasteiger partial charge in [-0.1, -0.05) is 28.1 Å². The fraction of sp³-hybridized carbons (Fsp3) is 0.545. The minimum absolute atomic E-state index is 0.954. The molecule has 3 heteroatoms. The third-order valence-electron chi connectivity index (χ3n) is 2.05. The quantitative estimate of drug-likeness (QED) is 0.585. The van der Waals surface area contributed by atoms with Gasteiger partial charge in [-0.2, -0.15) is 5.10 Å². The van der Waals surface area contributed by atoms with Gasteiger partial charge in [0.05, 0.1) is 5.69 Å². The van der Waals surface area contributed by atoms with E-state index in [1.807, 2.05) is 6.92 Å². The fourth-order valence-electron chi connectivity index (χ4n) is 1.42. The van der Waals surface area contributed by atoms with Gasteiger partial charge in [0.15, 0.2) is 0 Å². The van der Waals surface area contributed by atoms with Crippen LogP contribution < -0.4 is 0 Å². The lowest BCUT2D eigenvalue weighted by Gasteiger charge is -2.00. The van der Waals surface area contributed by atoms with E-state index in [2.05, 4.69) is 50.9 Å². The van der Waals surface area contributed by atoms with Crippen molar-refractivity contribution in [1.29, 1.82) is 0 Å². The number of nitrogens with zero attached hydrogens (tertiary/aromatic N) is 2. The van der Waals surface area contributed by atoms with Crippen LogP contribution in [0.15, 0.2) is 18.2 Å². The van der Waals surface area contributed by atoms with Crippen LogP contribution in [-0.4, -0.2) is 15.1 Å². The molecule has 0 spiro atoms. The summed E-state index contributed by atoms with van der Waals surface area (Å²) in [7, 11) is 0. The molecule has 1 heterocycles. The summed E-state index contributed by atoms with van der Waals surface area (Å²) >= 11 is 3.40. The first-order chi connectivity index (χ1) is 6.77. The Hall–Kier alpha value is -0.570. The first-order valence-corrected chi connectivity index (χ1v) is 6.14. The molecule has 0 aromatic carbocycles. The first kappa shape index (κ1) is 11.5. The molecule has 0 aliphatic heterocycles. The van der Waals surface area contributed by atoms with Crippen molar-refractivity contribution in [2.75, 3.05) is 5.33 Å². The Bertz CT molecular complexity index is 302. The molecule has 0 amide bonds. The molecule has 1 aromatic rings. The molecular weight excluding hydrogens is 240 g/mol. The van der Waals surface area contributed by atoms with Crippen molar-refractivity contribution in [2.45, 2.75) is 33.2 Å². The zero-order valence-corrected chi connectivity index (χ0v) is 10.4. The first-order valence-electron chi connectivity index (χ1n) is 5.02. The Morgan fingerprint density at radius 2 is 2.29 bits per heavy atom. The molecule has 0 radical (unpaired) electrons. The van der Waals surface area contributed by atoms with Crippen LogP contribution in [0.3, 0.4) is 0 Å². The smallest absolute Gasteiger partial charge is 0.0596 e. The predicted molar refractivity (Wildman–Crippen MR) is 63.9 cm³/mol. The van der Waals surface area contributed by atoms with Gasteiger partial charge in [0.25, 0.3) is 0 Å². The molecule has 78 valence electrons. The maximum absolute atomic E-state index is 4.40. The van der Waals surface area contributed by atoms with Crippen LogP contribution in [0.4, 0.5) is 0 Å². The molecule has 0 atom stereocenters. The van der Waals surface area contributed by atoms with E-state index in [1.165, 1.54) is 5.69 Å². The van der Waals surface area contributed by atoms with Crippen molar-refractivity contribution < 1.29 is 0 Å². The summed E-state index contributed by atoms with van der Waals surface area (Å²) in [5, 5.41) is 5.44. The summed E-state index contributed by atoms with van der Waals surface area (Å²) in [6.07, 6.45) is 6.50. The summed E-state index contributed by atoms with van der Waals surface area (Å²) in [6.45, 7) is 5.12. The molecule has 0 aliphatic carbocycles.